The van der Waals surface area contributed by atoms with Gasteiger partial charge in [0.05, 0.1) is 26.4 Å². The number of hydrogen-bond donors (Lipinski definition) is 2. The molecule has 2 aromatic carbocycles. The van der Waals surface area contributed by atoms with E-state index in [0.29, 0.717) is 31.0 Å². The van der Waals surface area contributed by atoms with Crippen LogP contribution in [-0.2, 0) is 9.53 Å². The maximum atomic E-state index is 12.8. The molecule has 1 heterocycles. The highest BCUT2D eigenvalue weighted by molar-refractivity contribution is 5.97. The Balaban J connectivity index is 1.74. The van der Waals surface area contributed by atoms with Gasteiger partial charge in [0.25, 0.3) is 5.91 Å². The summed E-state index contributed by atoms with van der Waals surface area (Å²) < 4.78 is 10.8. The van der Waals surface area contributed by atoms with Crippen LogP contribution in [0.3, 0.4) is 0 Å². The van der Waals surface area contributed by atoms with Crippen molar-refractivity contribution in [2.75, 3.05) is 45.3 Å². The molecule has 1 aliphatic heterocycles. The Morgan fingerprint density at radius 2 is 1.83 bits per heavy atom. The number of nitrogens with one attached hydrogen (secondary N) is 2. The second-order valence-electron chi connectivity index (χ2n) is 7.36. The monoisotopic (exact) mass is 411 g/mol. The molecule has 1 fully saturated rings. The number of amides is 2. The minimum Gasteiger partial charge on any atom is -0.497 e. The molecule has 30 heavy (non-hydrogen) atoms. The topological polar surface area (TPSA) is 79.9 Å². The summed E-state index contributed by atoms with van der Waals surface area (Å²) in [6.07, 6.45) is 0. The van der Waals surface area contributed by atoms with Gasteiger partial charge in [0, 0.05) is 37.8 Å². The van der Waals surface area contributed by atoms with Crippen molar-refractivity contribution in [1.29, 1.82) is 0 Å². The number of carbonyl (C=O) groups is 2. The number of carbonyl (C=O) groups excluding carboxylic acids is 2. The lowest BCUT2D eigenvalue weighted by molar-refractivity contribution is -0.114. The molecule has 7 heteroatoms. The number of rotatable bonds is 7. The molecular weight excluding hydrogens is 382 g/mol. The zero-order chi connectivity index (χ0) is 21.5. The summed E-state index contributed by atoms with van der Waals surface area (Å²) in [4.78, 5) is 26.6. The van der Waals surface area contributed by atoms with Crippen molar-refractivity contribution in [2.45, 2.75) is 19.9 Å². The first-order chi connectivity index (χ1) is 14.5. The van der Waals surface area contributed by atoms with Crippen LogP contribution >= 0.6 is 0 Å². The lowest BCUT2D eigenvalue weighted by atomic mass is 10.0. The highest BCUT2D eigenvalue weighted by Gasteiger charge is 2.23. The van der Waals surface area contributed by atoms with E-state index in [1.165, 1.54) is 6.92 Å². The van der Waals surface area contributed by atoms with Crippen molar-refractivity contribution >= 4 is 17.5 Å². The first kappa shape index (κ1) is 21.8. The third kappa shape index (κ3) is 5.58. The number of aryl methyl sites for hydroxylation is 1. The minimum absolute atomic E-state index is 0.0315. The van der Waals surface area contributed by atoms with E-state index in [-0.39, 0.29) is 17.9 Å². The fourth-order valence-corrected chi connectivity index (χ4v) is 3.55. The number of hydrogen-bond acceptors (Lipinski definition) is 5. The molecule has 7 nitrogen and oxygen atoms in total. The summed E-state index contributed by atoms with van der Waals surface area (Å²) in [5.74, 6) is 0.463. The quantitative estimate of drug-likeness (QED) is 0.732. The first-order valence-electron chi connectivity index (χ1n) is 10.1. The van der Waals surface area contributed by atoms with Gasteiger partial charge in [0.2, 0.25) is 5.91 Å². The van der Waals surface area contributed by atoms with Crippen molar-refractivity contribution < 1.29 is 19.1 Å². The molecule has 0 aliphatic carbocycles. The predicted molar refractivity (Wildman–Crippen MR) is 116 cm³/mol. The molecule has 0 spiro atoms. The van der Waals surface area contributed by atoms with Gasteiger partial charge in [-0.2, -0.15) is 0 Å². The molecule has 160 valence electrons. The van der Waals surface area contributed by atoms with E-state index in [2.05, 4.69) is 15.5 Å². The predicted octanol–water partition coefficient (Wildman–Crippen LogP) is 2.77. The maximum Gasteiger partial charge on any atom is 0.251 e. The van der Waals surface area contributed by atoms with Crippen LogP contribution in [-0.4, -0.2) is 56.7 Å². The van der Waals surface area contributed by atoms with Crippen molar-refractivity contribution in [3.63, 3.8) is 0 Å². The van der Waals surface area contributed by atoms with Crippen LogP contribution in [0.5, 0.6) is 5.75 Å². The number of methoxy groups -OCH3 is 1. The lowest BCUT2D eigenvalue weighted by Crippen LogP contribution is -2.43. The summed E-state index contributed by atoms with van der Waals surface area (Å²) in [6.45, 7) is 6.79. The summed E-state index contributed by atoms with van der Waals surface area (Å²) in [7, 11) is 1.64. The average Bonchev–Trinajstić information content (AvgIpc) is 2.76. The number of nitrogens with zero attached hydrogens (tertiary/aromatic N) is 1. The standard InChI is InChI=1S/C23H29N3O4/c1-16-4-5-19(14-21(16)25-17(2)27)23(28)24-15-22(26-10-12-30-13-11-26)18-6-8-20(29-3)9-7-18/h4-9,14,22H,10-13,15H2,1-3H3,(H,24,28)(H,25,27). The minimum atomic E-state index is -0.173. The van der Waals surface area contributed by atoms with Gasteiger partial charge in [-0.1, -0.05) is 18.2 Å². The Morgan fingerprint density at radius 3 is 2.47 bits per heavy atom. The highest BCUT2D eigenvalue weighted by Crippen LogP contribution is 2.24. The fraction of sp³-hybridized carbons (Fsp3) is 0.391. The molecule has 2 amide bonds. The van der Waals surface area contributed by atoms with Crippen LogP contribution in [0.15, 0.2) is 42.5 Å². The number of benzene rings is 2. The van der Waals surface area contributed by atoms with Gasteiger partial charge in [-0.25, -0.2) is 0 Å². The lowest BCUT2D eigenvalue weighted by Gasteiger charge is -2.35. The first-order valence-corrected chi connectivity index (χ1v) is 10.1. The zero-order valence-electron chi connectivity index (χ0n) is 17.7. The van der Waals surface area contributed by atoms with E-state index in [0.717, 1.165) is 30.0 Å². The SMILES string of the molecule is COc1ccc(C(CNC(=O)c2ccc(C)c(NC(C)=O)c2)N2CCOCC2)cc1. The summed E-state index contributed by atoms with van der Waals surface area (Å²) in [6, 6.07) is 13.3. The Kier molecular flexibility index (Phi) is 7.43. The number of ether oxygens (including phenoxy) is 2. The van der Waals surface area contributed by atoms with Crippen molar-refractivity contribution in [1.82, 2.24) is 10.2 Å². The maximum absolute atomic E-state index is 12.8. The molecule has 1 atom stereocenters. The third-order valence-electron chi connectivity index (χ3n) is 5.25. The Labute approximate surface area is 177 Å². The van der Waals surface area contributed by atoms with E-state index < -0.39 is 0 Å². The van der Waals surface area contributed by atoms with Gasteiger partial charge in [0.1, 0.15) is 5.75 Å². The van der Waals surface area contributed by atoms with Gasteiger partial charge in [-0.3, -0.25) is 14.5 Å². The smallest absolute Gasteiger partial charge is 0.251 e. The molecule has 0 saturated carbocycles. The van der Waals surface area contributed by atoms with E-state index in [9.17, 15) is 9.59 Å². The van der Waals surface area contributed by atoms with E-state index in [1.54, 1.807) is 19.2 Å². The normalized spacial score (nSPS) is 15.3. The molecule has 1 unspecified atom stereocenters. The van der Waals surface area contributed by atoms with Gasteiger partial charge in [-0.15, -0.1) is 0 Å². The molecule has 3 rings (SSSR count). The van der Waals surface area contributed by atoms with E-state index in [4.69, 9.17) is 9.47 Å². The van der Waals surface area contributed by atoms with Crippen LogP contribution < -0.4 is 15.4 Å². The summed E-state index contributed by atoms with van der Waals surface area (Å²) in [5, 5.41) is 5.83. The molecule has 0 aromatic heterocycles. The Morgan fingerprint density at radius 1 is 1.13 bits per heavy atom. The van der Waals surface area contributed by atoms with Gasteiger partial charge < -0.3 is 20.1 Å². The largest absolute Gasteiger partial charge is 0.497 e. The average molecular weight is 412 g/mol. The van der Waals surface area contributed by atoms with E-state index in [1.807, 2.05) is 37.3 Å². The van der Waals surface area contributed by atoms with Crippen molar-refractivity contribution in [2.24, 2.45) is 0 Å². The number of anilines is 1. The third-order valence-corrected chi connectivity index (χ3v) is 5.25. The van der Waals surface area contributed by atoms with Gasteiger partial charge in [0.15, 0.2) is 0 Å². The molecule has 1 aliphatic rings. The zero-order valence-corrected chi connectivity index (χ0v) is 17.7. The highest BCUT2D eigenvalue weighted by atomic mass is 16.5. The molecular formula is C23H29N3O4. The Hall–Kier alpha value is -2.90. The molecule has 2 N–H and O–H groups in total. The molecule has 1 saturated heterocycles. The molecule has 2 aromatic rings. The Bertz CT molecular complexity index is 877. The van der Waals surface area contributed by atoms with Crippen molar-refractivity contribution in [3.8, 4) is 5.75 Å². The fourth-order valence-electron chi connectivity index (χ4n) is 3.55. The molecule has 0 bridgehead atoms. The van der Waals surface area contributed by atoms with Crippen molar-refractivity contribution in [3.05, 3.63) is 59.2 Å². The van der Waals surface area contributed by atoms with Gasteiger partial charge in [-0.05, 0) is 42.3 Å². The number of morpholine rings is 1. The van der Waals surface area contributed by atoms with Crippen LogP contribution in [0, 0.1) is 6.92 Å². The summed E-state index contributed by atoms with van der Waals surface area (Å²) in [5.41, 5.74) is 3.18. The van der Waals surface area contributed by atoms with Crippen LogP contribution in [0.25, 0.3) is 0 Å². The van der Waals surface area contributed by atoms with Gasteiger partial charge >= 0.3 is 0 Å². The second kappa shape index (κ2) is 10.2. The van der Waals surface area contributed by atoms with E-state index >= 15 is 0 Å². The summed E-state index contributed by atoms with van der Waals surface area (Å²) >= 11 is 0. The second-order valence-corrected chi connectivity index (χ2v) is 7.36. The van der Waals surface area contributed by atoms with Crippen LogP contribution in [0.2, 0.25) is 0 Å². The van der Waals surface area contributed by atoms with Crippen LogP contribution in [0.1, 0.15) is 34.5 Å². The van der Waals surface area contributed by atoms with Crippen LogP contribution in [0.4, 0.5) is 5.69 Å². The molecule has 0 radical (unpaired) electrons.